The average molecular weight is 360 g/mol. The van der Waals surface area contributed by atoms with Crippen molar-refractivity contribution in [1.29, 1.82) is 0 Å². The summed E-state index contributed by atoms with van der Waals surface area (Å²) in [6.07, 6.45) is 1.44. The first kappa shape index (κ1) is 18.3. The molecule has 2 saturated heterocycles. The molecule has 3 rings (SSSR count). The van der Waals surface area contributed by atoms with Gasteiger partial charge in [0.1, 0.15) is 0 Å². The van der Waals surface area contributed by atoms with Gasteiger partial charge in [0.2, 0.25) is 5.91 Å². The van der Waals surface area contributed by atoms with Crippen LogP contribution in [0.2, 0.25) is 0 Å². The van der Waals surface area contributed by atoms with E-state index in [9.17, 15) is 14.4 Å². The van der Waals surface area contributed by atoms with Crippen LogP contribution in [0.4, 0.5) is 5.69 Å². The lowest BCUT2D eigenvalue weighted by Crippen LogP contribution is -3.12. The number of carbonyl (C=O) groups excluding carboxylic acids is 3. The lowest BCUT2D eigenvalue weighted by molar-refractivity contribution is -0.884. The Kier molecular flexibility index (Phi) is 5.85. The first-order valence-corrected chi connectivity index (χ1v) is 9.07. The number of hydrogen-bond acceptors (Lipinski definition) is 4. The molecule has 8 nitrogen and oxygen atoms in total. The van der Waals surface area contributed by atoms with Gasteiger partial charge in [-0.1, -0.05) is 0 Å². The van der Waals surface area contributed by atoms with Gasteiger partial charge in [-0.15, -0.1) is 0 Å². The molecule has 0 unspecified atom stereocenters. The fraction of sp³-hybridized carbons (Fsp3) is 0.500. The van der Waals surface area contributed by atoms with Crippen LogP contribution in [-0.4, -0.2) is 69.0 Å². The molecule has 140 valence electrons. The highest BCUT2D eigenvalue weighted by Crippen LogP contribution is 2.21. The van der Waals surface area contributed by atoms with Gasteiger partial charge < -0.3 is 15.1 Å². The summed E-state index contributed by atoms with van der Waals surface area (Å²) in [6.45, 7) is 4.24. The smallest absolute Gasteiger partial charge is 0.253 e. The zero-order valence-electron chi connectivity index (χ0n) is 15.1. The number of hydrazine groups is 1. The number of nitrogens with zero attached hydrogens (tertiary/aromatic N) is 2. The van der Waals surface area contributed by atoms with E-state index in [4.69, 9.17) is 0 Å². The molecular weight excluding hydrogens is 334 g/mol. The third-order valence-electron chi connectivity index (χ3n) is 4.82. The molecule has 2 fully saturated rings. The van der Waals surface area contributed by atoms with E-state index in [0.717, 1.165) is 44.8 Å². The summed E-state index contributed by atoms with van der Waals surface area (Å²) in [5, 5.41) is 4.52. The number of anilines is 1. The molecule has 0 aliphatic carbocycles. The van der Waals surface area contributed by atoms with Crippen molar-refractivity contribution in [2.24, 2.45) is 0 Å². The van der Waals surface area contributed by atoms with Gasteiger partial charge in [0, 0.05) is 24.2 Å². The summed E-state index contributed by atoms with van der Waals surface area (Å²) in [6, 6.07) is 6.89. The minimum Gasteiger partial charge on any atom is -0.343 e. The van der Waals surface area contributed by atoms with Crippen LogP contribution < -0.4 is 20.5 Å². The van der Waals surface area contributed by atoms with Crippen molar-refractivity contribution < 1.29 is 19.3 Å². The highest BCUT2D eigenvalue weighted by molar-refractivity contribution is 5.98. The molecule has 0 saturated carbocycles. The number of piperazine rings is 1. The van der Waals surface area contributed by atoms with Gasteiger partial charge in [0.05, 0.1) is 39.8 Å². The summed E-state index contributed by atoms with van der Waals surface area (Å²) < 4.78 is 0. The SMILES string of the molecule is C[NH+]1CCN(NC(=O)CNC(=O)c2ccc(N3CCCC3=O)cc2)CC1. The van der Waals surface area contributed by atoms with E-state index in [1.54, 1.807) is 29.2 Å². The Morgan fingerprint density at radius 3 is 2.42 bits per heavy atom. The van der Waals surface area contributed by atoms with Gasteiger partial charge in [-0.3, -0.25) is 19.8 Å². The van der Waals surface area contributed by atoms with Crippen LogP contribution in [0.25, 0.3) is 0 Å². The van der Waals surface area contributed by atoms with Crippen LogP contribution in [-0.2, 0) is 9.59 Å². The molecule has 0 bridgehead atoms. The van der Waals surface area contributed by atoms with E-state index in [1.807, 2.05) is 5.01 Å². The number of hydrogen-bond donors (Lipinski definition) is 3. The van der Waals surface area contributed by atoms with Crippen molar-refractivity contribution in [2.75, 3.05) is 51.2 Å². The fourth-order valence-electron chi connectivity index (χ4n) is 3.19. The second-order valence-corrected chi connectivity index (χ2v) is 6.86. The minimum atomic E-state index is -0.303. The van der Waals surface area contributed by atoms with E-state index in [1.165, 1.54) is 4.90 Å². The predicted octanol–water partition coefficient (Wildman–Crippen LogP) is -1.60. The number of benzene rings is 1. The van der Waals surface area contributed by atoms with Crippen LogP contribution in [0, 0.1) is 0 Å². The molecule has 8 heteroatoms. The van der Waals surface area contributed by atoms with Gasteiger partial charge in [-0.05, 0) is 30.7 Å². The van der Waals surface area contributed by atoms with E-state index in [0.29, 0.717) is 12.0 Å². The number of nitrogens with one attached hydrogen (secondary N) is 3. The molecule has 2 heterocycles. The van der Waals surface area contributed by atoms with Gasteiger partial charge in [-0.2, -0.15) is 0 Å². The topological polar surface area (TPSA) is 86.2 Å². The largest absolute Gasteiger partial charge is 0.343 e. The number of amides is 3. The Balaban J connectivity index is 1.45. The Morgan fingerprint density at radius 1 is 1.12 bits per heavy atom. The molecule has 0 spiro atoms. The second kappa shape index (κ2) is 8.29. The van der Waals surface area contributed by atoms with E-state index in [2.05, 4.69) is 17.8 Å². The zero-order chi connectivity index (χ0) is 18.5. The Morgan fingerprint density at radius 2 is 1.81 bits per heavy atom. The molecule has 26 heavy (non-hydrogen) atoms. The monoisotopic (exact) mass is 360 g/mol. The summed E-state index contributed by atoms with van der Waals surface area (Å²) in [5.41, 5.74) is 4.09. The van der Waals surface area contributed by atoms with Crippen molar-refractivity contribution in [2.45, 2.75) is 12.8 Å². The fourth-order valence-corrected chi connectivity index (χ4v) is 3.19. The van der Waals surface area contributed by atoms with Crippen molar-refractivity contribution in [3.8, 4) is 0 Å². The first-order chi connectivity index (χ1) is 12.5. The van der Waals surface area contributed by atoms with Crippen LogP contribution >= 0.6 is 0 Å². The van der Waals surface area contributed by atoms with Gasteiger partial charge >= 0.3 is 0 Å². The van der Waals surface area contributed by atoms with Crippen LogP contribution in [0.5, 0.6) is 0 Å². The molecule has 0 atom stereocenters. The summed E-state index contributed by atoms with van der Waals surface area (Å²) in [4.78, 5) is 39.1. The van der Waals surface area contributed by atoms with Crippen molar-refractivity contribution in [3.05, 3.63) is 29.8 Å². The third kappa shape index (κ3) is 4.59. The predicted molar refractivity (Wildman–Crippen MR) is 96.7 cm³/mol. The normalized spacial score (nSPS) is 18.8. The van der Waals surface area contributed by atoms with Crippen molar-refractivity contribution in [1.82, 2.24) is 15.8 Å². The van der Waals surface area contributed by atoms with E-state index < -0.39 is 0 Å². The average Bonchev–Trinajstić information content (AvgIpc) is 3.08. The van der Waals surface area contributed by atoms with Crippen molar-refractivity contribution >= 4 is 23.4 Å². The zero-order valence-corrected chi connectivity index (χ0v) is 15.1. The molecule has 1 aromatic rings. The number of likely N-dealkylation sites (N-methyl/N-ethyl adjacent to an activating group) is 1. The second-order valence-electron chi connectivity index (χ2n) is 6.86. The summed E-state index contributed by atoms with van der Waals surface area (Å²) in [5.74, 6) is -0.413. The minimum absolute atomic E-state index is 0.0651. The molecule has 1 aromatic carbocycles. The number of quaternary nitrogens is 1. The highest BCUT2D eigenvalue weighted by Gasteiger charge is 2.22. The maximum atomic E-state index is 12.2. The number of carbonyl (C=O) groups is 3. The van der Waals surface area contributed by atoms with Crippen LogP contribution in [0.1, 0.15) is 23.2 Å². The maximum Gasteiger partial charge on any atom is 0.253 e. The Labute approximate surface area is 153 Å². The van der Waals surface area contributed by atoms with Crippen LogP contribution in [0.15, 0.2) is 24.3 Å². The molecule has 2 aliphatic heterocycles. The standard InChI is InChI=1S/C18H25N5O3/c1-21-9-11-22(12-10-21)20-16(24)13-19-18(26)14-4-6-15(7-5-14)23-8-2-3-17(23)25/h4-7H,2-3,8-13H2,1H3,(H,19,26)(H,20,24)/p+1. The molecule has 3 amide bonds. The summed E-state index contributed by atoms with van der Waals surface area (Å²) >= 11 is 0. The lowest BCUT2D eigenvalue weighted by atomic mass is 10.2. The summed E-state index contributed by atoms with van der Waals surface area (Å²) in [7, 11) is 2.13. The third-order valence-corrected chi connectivity index (χ3v) is 4.82. The maximum absolute atomic E-state index is 12.2. The highest BCUT2D eigenvalue weighted by atomic mass is 16.2. The van der Waals surface area contributed by atoms with Crippen molar-refractivity contribution in [3.63, 3.8) is 0 Å². The molecule has 0 aromatic heterocycles. The van der Waals surface area contributed by atoms with Gasteiger partial charge in [-0.25, -0.2) is 5.01 Å². The number of rotatable bonds is 5. The van der Waals surface area contributed by atoms with Gasteiger partial charge in [0.25, 0.3) is 11.8 Å². The quantitative estimate of drug-likeness (QED) is 0.591. The Hall–Kier alpha value is -2.45. The first-order valence-electron chi connectivity index (χ1n) is 9.07. The van der Waals surface area contributed by atoms with E-state index >= 15 is 0 Å². The molecule has 2 aliphatic rings. The van der Waals surface area contributed by atoms with Gasteiger partial charge in [0.15, 0.2) is 0 Å². The molecular formula is C18H26N5O3+. The molecule has 0 radical (unpaired) electrons. The lowest BCUT2D eigenvalue weighted by Gasteiger charge is -2.30. The van der Waals surface area contributed by atoms with Crippen LogP contribution in [0.3, 0.4) is 0 Å². The molecule has 3 N–H and O–H groups in total. The Bertz CT molecular complexity index is 668. The van der Waals surface area contributed by atoms with E-state index in [-0.39, 0.29) is 24.3 Å².